The summed E-state index contributed by atoms with van der Waals surface area (Å²) in [6.07, 6.45) is 2.11. The molecular formula is C13H15ClN2O. The quantitative estimate of drug-likeness (QED) is 0.872. The minimum absolute atomic E-state index is 0.290. The van der Waals surface area contributed by atoms with E-state index in [4.69, 9.17) is 16.3 Å². The molecule has 17 heavy (non-hydrogen) atoms. The molecule has 2 aliphatic heterocycles. The van der Waals surface area contributed by atoms with Crippen molar-refractivity contribution in [3.63, 3.8) is 0 Å². The van der Waals surface area contributed by atoms with Gasteiger partial charge in [0.2, 0.25) is 0 Å². The average Bonchev–Trinajstić information content (AvgIpc) is 2.74. The minimum Gasteiger partial charge on any atom is -0.475 e. The molecule has 0 saturated carbocycles. The molecule has 0 aliphatic carbocycles. The van der Waals surface area contributed by atoms with Crippen LogP contribution in [0.4, 0.5) is 0 Å². The van der Waals surface area contributed by atoms with E-state index in [1.165, 1.54) is 5.56 Å². The molecule has 2 unspecified atom stereocenters. The molecule has 2 atom stereocenters. The number of hydrogen-bond donors (Lipinski definition) is 1. The van der Waals surface area contributed by atoms with Crippen LogP contribution in [0.15, 0.2) is 29.3 Å². The zero-order chi connectivity index (χ0) is 11.7. The van der Waals surface area contributed by atoms with Crippen LogP contribution in [0.3, 0.4) is 0 Å². The Hall–Kier alpha value is -1.06. The Kier molecular flexibility index (Phi) is 3.04. The van der Waals surface area contributed by atoms with E-state index in [1.54, 1.807) is 0 Å². The molecule has 0 amide bonds. The van der Waals surface area contributed by atoms with E-state index < -0.39 is 0 Å². The van der Waals surface area contributed by atoms with Gasteiger partial charge in [0, 0.05) is 18.0 Å². The Bertz CT molecular complexity index is 430. The van der Waals surface area contributed by atoms with Crippen LogP contribution in [0.5, 0.6) is 0 Å². The number of aliphatic imine (C=N–C) groups is 1. The van der Waals surface area contributed by atoms with E-state index in [9.17, 15) is 0 Å². The fourth-order valence-corrected chi connectivity index (χ4v) is 2.46. The molecule has 2 aliphatic rings. The zero-order valence-electron chi connectivity index (χ0n) is 9.53. The lowest BCUT2D eigenvalue weighted by Gasteiger charge is -2.23. The summed E-state index contributed by atoms with van der Waals surface area (Å²) in [6.45, 7) is 1.97. The summed E-state index contributed by atoms with van der Waals surface area (Å²) in [7, 11) is 0. The second kappa shape index (κ2) is 4.67. The Labute approximate surface area is 106 Å². The van der Waals surface area contributed by atoms with Gasteiger partial charge in [-0.25, -0.2) is 4.99 Å². The number of nitrogens with zero attached hydrogens (tertiary/aromatic N) is 1. The van der Waals surface area contributed by atoms with Gasteiger partial charge >= 0.3 is 0 Å². The number of ether oxygens (including phenoxy) is 1. The van der Waals surface area contributed by atoms with Gasteiger partial charge in [-0.1, -0.05) is 23.7 Å². The second-order valence-corrected chi connectivity index (χ2v) is 4.98. The first-order valence-corrected chi connectivity index (χ1v) is 6.37. The van der Waals surface area contributed by atoms with Gasteiger partial charge in [-0.05, 0) is 30.7 Å². The van der Waals surface area contributed by atoms with Gasteiger partial charge in [0.05, 0.1) is 0 Å². The molecule has 0 bridgehead atoms. The van der Waals surface area contributed by atoms with E-state index in [0.29, 0.717) is 12.1 Å². The lowest BCUT2D eigenvalue weighted by Crippen LogP contribution is -2.41. The molecule has 1 N–H and O–H groups in total. The molecule has 0 radical (unpaired) electrons. The maximum atomic E-state index is 5.88. The predicted octanol–water partition coefficient (Wildman–Crippen LogP) is 2.04. The van der Waals surface area contributed by atoms with Crippen LogP contribution in [0.1, 0.15) is 12.0 Å². The first kappa shape index (κ1) is 11.1. The topological polar surface area (TPSA) is 33.6 Å². The number of hydrogen-bond acceptors (Lipinski definition) is 3. The Morgan fingerprint density at radius 2 is 2.18 bits per heavy atom. The molecule has 1 aromatic rings. The molecule has 1 aromatic carbocycles. The lowest BCUT2D eigenvalue weighted by molar-refractivity contribution is 0.158. The van der Waals surface area contributed by atoms with Crippen LogP contribution in [0.2, 0.25) is 5.02 Å². The SMILES string of the molecule is Clc1ccc(CC2=NC3CNCCC3O2)cc1. The molecule has 0 aromatic heterocycles. The molecule has 2 heterocycles. The first-order chi connectivity index (χ1) is 8.31. The highest BCUT2D eigenvalue weighted by Gasteiger charge is 2.32. The van der Waals surface area contributed by atoms with Gasteiger partial charge in [0.25, 0.3) is 0 Å². The Balaban J connectivity index is 1.68. The van der Waals surface area contributed by atoms with Crippen molar-refractivity contribution in [2.75, 3.05) is 13.1 Å². The van der Waals surface area contributed by atoms with Crippen LogP contribution < -0.4 is 5.32 Å². The number of piperidine rings is 1. The summed E-state index contributed by atoms with van der Waals surface area (Å²) in [5.74, 6) is 0.867. The third kappa shape index (κ3) is 2.45. The van der Waals surface area contributed by atoms with Crippen molar-refractivity contribution in [1.82, 2.24) is 5.32 Å². The first-order valence-electron chi connectivity index (χ1n) is 6.00. The number of halogens is 1. The van der Waals surface area contributed by atoms with Crippen molar-refractivity contribution in [1.29, 1.82) is 0 Å². The third-order valence-corrected chi connectivity index (χ3v) is 3.51. The van der Waals surface area contributed by atoms with Crippen LogP contribution in [-0.4, -0.2) is 31.1 Å². The summed E-state index contributed by atoms with van der Waals surface area (Å²) in [4.78, 5) is 4.63. The number of fused-ring (bicyclic) bond motifs is 1. The largest absolute Gasteiger partial charge is 0.475 e. The van der Waals surface area contributed by atoms with Gasteiger partial charge in [0.1, 0.15) is 12.1 Å². The molecule has 3 rings (SSSR count). The van der Waals surface area contributed by atoms with Gasteiger partial charge < -0.3 is 10.1 Å². The molecule has 0 spiro atoms. The van der Waals surface area contributed by atoms with Gasteiger partial charge in [-0.15, -0.1) is 0 Å². The van der Waals surface area contributed by atoms with Crippen molar-refractivity contribution >= 4 is 17.5 Å². The van der Waals surface area contributed by atoms with Crippen LogP contribution in [0, 0.1) is 0 Å². The molecule has 90 valence electrons. The van der Waals surface area contributed by atoms with E-state index in [1.807, 2.05) is 24.3 Å². The number of benzene rings is 1. The van der Waals surface area contributed by atoms with Gasteiger partial charge in [-0.3, -0.25) is 0 Å². The molecule has 1 fully saturated rings. The molecular weight excluding hydrogens is 236 g/mol. The van der Waals surface area contributed by atoms with E-state index in [0.717, 1.165) is 36.9 Å². The average molecular weight is 251 g/mol. The van der Waals surface area contributed by atoms with Crippen molar-refractivity contribution < 1.29 is 4.74 Å². The van der Waals surface area contributed by atoms with Crippen LogP contribution in [0.25, 0.3) is 0 Å². The highest BCUT2D eigenvalue weighted by molar-refractivity contribution is 6.30. The number of nitrogens with one attached hydrogen (secondary N) is 1. The van der Waals surface area contributed by atoms with E-state index >= 15 is 0 Å². The molecule has 3 nitrogen and oxygen atoms in total. The van der Waals surface area contributed by atoms with E-state index in [2.05, 4.69) is 10.3 Å². The monoisotopic (exact) mass is 250 g/mol. The van der Waals surface area contributed by atoms with Crippen LogP contribution in [-0.2, 0) is 11.2 Å². The second-order valence-electron chi connectivity index (χ2n) is 4.54. The highest BCUT2D eigenvalue weighted by atomic mass is 35.5. The zero-order valence-corrected chi connectivity index (χ0v) is 10.3. The smallest absolute Gasteiger partial charge is 0.188 e. The molecule has 1 saturated heterocycles. The Morgan fingerprint density at radius 3 is 2.94 bits per heavy atom. The highest BCUT2D eigenvalue weighted by Crippen LogP contribution is 2.21. The predicted molar refractivity (Wildman–Crippen MR) is 68.7 cm³/mol. The van der Waals surface area contributed by atoms with Crippen LogP contribution >= 0.6 is 11.6 Å². The van der Waals surface area contributed by atoms with Crippen molar-refractivity contribution in [3.05, 3.63) is 34.9 Å². The normalized spacial score (nSPS) is 27.2. The molecule has 4 heteroatoms. The summed E-state index contributed by atoms with van der Waals surface area (Å²) >= 11 is 5.86. The summed E-state index contributed by atoms with van der Waals surface area (Å²) < 4.78 is 5.88. The van der Waals surface area contributed by atoms with Gasteiger partial charge in [0.15, 0.2) is 5.90 Å². The lowest BCUT2D eigenvalue weighted by atomic mass is 10.1. The number of rotatable bonds is 2. The fraction of sp³-hybridized carbons (Fsp3) is 0.462. The van der Waals surface area contributed by atoms with Gasteiger partial charge in [-0.2, -0.15) is 0 Å². The maximum absolute atomic E-state index is 5.88. The standard InChI is InChI=1S/C13H15ClN2O/c14-10-3-1-9(2-4-10)7-13-16-11-8-15-6-5-12(11)17-13/h1-4,11-12,15H,5-8H2. The van der Waals surface area contributed by atoms with E-state index in [-0.39, 0.29) is 0 Å². The Morgan fingerprint density at radius 1 is 1.35 bits per heavy atom. The van der Waals surface area contributed by atoms with Crippen molar-refractivity contribution in [2.24, 2.45) is 4.99 Å². The fourth-order valence-electron chi connectivity index (χ4n) is 2.34. The van der Waals surface area contributed by atoms with Crippen molar-refractivity contribution in [3.8, 4) is 0 Å². The summed E-state index contributed by atoms with van der Waals surface area (Å²) in [5.41, 5.74) is 1.19. The third-order valence-electron chi connectivity index (χ3n) is 3.25. The summed E-state index contributed by atoms with van der Waals surface area (Å²) in [6, 6.07) is 8.16. The summed E-state index contributed by atoms with van der Waals surface area (Å²) in [5, 5.41) is 4.11. The maximum Gasteiger partial charge on any atom is 0.188 e. The minimum atomic E-state index is 0.290. The van der Waals surface area contributed by atoms with Crippen molar-refractivity contribution in [2.45, 2.75) is 25.0 Å².